The molecule has 8 heteroatoms. The lowest BCUT2D eigenvalue weighted by Gasteiger charge is -2.31. The van der Waals surface area contributed by atoms with Gasteiger partial charge in [-0.05, 0) is 60.7 Å². The maximum absolute atomic E-state index is 13.4. The number of nitrogens with zero attached hydrogens (tertiary/aromatic N) is 1. The molecule has 0 aliphatic heterocycles. The molecule has 192 valence electrons. The molecule has 0 aliphatic carbocycles. The van der Waals surface area contributed by atoms with Crippen LogP contribution in [0.2, 0.25) is 0 Å². The second-order valence-corrected chi connectivity index (χ2v) is 11.3. The molecule has 0 fully saturated rings. The normalized spacial score (nSPS) is 13.5. The van der Waals surface area contributed by atoms with Crippen LogP contribution >= 0.6 is 0 Å². The second kappa shape index (κ2) is 12.2. The minimum absolute atomic E-state index is 0.00165. The number of hydrogen-bond donors (Lipinski definition) is 3. The maximum Gasteiger partial charge on any atom is 0.251 e. The molecule has 7 nitrogen and oxygen atoms in total. The number of sulfonamides is 1. The number of carbonyl (C=O) groups excluding carboxylic acids is 1. The topological polar surface area (TPSA) is 107 Å². The van der Waals surface area contributed by atoms with E-state index in [0.717, 1.165) is 11.1 Å². The predicted molar refractivity (Wildman–Crippen MR) is 140 cm³/mol. The molecular formula is C28H34N2O5S. The Bertz CT molecular complexity index is 1240. The number of phenols is 1. The number of nitrogens with one attached hydrogen (secondary N) is 1. The molecule has 0 saturated heterocycles. The van der Waals surface area contributed by atoms with E-state index < -0.39 is 22.2 Å². The van der Waals surface area contributed by atoms with E-state index in [2.05, 4.69) is 5.32 Å². The second-order valence-electron chi connectivity index (χ2n) is 9.36. The third-order valence-electron chi connectivity index (χ3n) is 5.90. The zero-order chi connectivity index (χ0) is 26.3. The average Bonchev–Trinajstić information content (AvgIpc) is 2.84. The third-order valence-corrected chi connectivity index (χ3v) is 7.75. The highest BCUT2D eigenvalue weighted by atomic mass is 32.2. The lowest BCUT2D eigenvalue weighted by molar-refractivity contribution is 0.0775. The maximum atomic E-state index is 13.4. The molecule has 3 rings (SSSR count). The van der Waals surface area contributed by atoms with Crippen molar-refractivity contribution in [2.45, 2.75) is 44.2 Å². The molecule has 3 aromatic rings. The lowest BCUT2D eigenvalue weighted by atomic mass is 9.99. The summed E-state index contributed by atoms with van der Waals surface area (Å²) in [6.45, 7) is 5.61. The Labute approximate surface area is 213 Å². The highest BCUT2D eigenvalue weighted by Gasteiger charge is 2.31. The van der Waals surface area contributed by atoms with Crippen molar-refractivity contribution in [1.29, 1.82) is 0 Å². The predicted octanol–water partition coefficient (Wildman–Crippen LogP) is 3.75. The van der Waals surface area contributed by atoms with Crippen LogP contribution < -0.4 is 5.32 Å². The number of aliphatic hydroxyl groups is 1. The van der Waals surface area contributed by atoms with E-state index in [1.54, 1.807) is 12.1 Å². The van der Waals surface area contributed by atoms with Crippen molar-refractivity contribution in [3.63, 3.8) is 0 Å². The molecule has 0 unspecified atom stereocenters. The van der Waals surface area contributed by atoms with Crippen molar-refractivity contribution in [3.8, 4) is 5.75 Å². The van der Waals surface area contributed by atoms with Crippen LogP contribution in [0.5, 0.6) is 5.75 Å². The Morgan fingerprint density at radius 3 is 2.14 bits per heavy atom. The van der Waals surface area contributed by atoms with Crippen LogP contribution in [0.3, 0.4) is 0 Å². The number of amides is 1. The van der Waals surface area contributed by atoms with Crippen LogP contribution in [0.4, 0.5) is 0 Å². The fraction of sp³-hybridized carbons (Fsp3) is 0.321. The molecular weight excluding hydrogens is 476 g/mol. The van der Waals surface area contributed by atoms with E-state index in [9.17, 15) is 23.4 Å². The Morgan fingerprint density at radius 1 is 0.917 bits per heavy atom. The van der Waals surface area contributed by atoms with Crippen LogP contribution in [0.25, 0.3) is 0 Å². The van der Waals surface area contributed by atoms with Gasteiger partial charge in [-0.1, -0.05) is 62.4 Å². The summed E-state index contributed by atoms with van der Waals surface area (Å²) in [7, 11) is -3.95. The van der Waals surface area contributed by atoms with Gasteiger partial charge in [-0.25, -0.2) is 8.42 Å². The molecule has 3 aromatic carbocycles. The first-order valence-electron chi connectivity index (χ1n) is 12.0. The van der Waals surface area contributed by atoms with E-state index in [4.69, 9.17) is 0 Å². The summed E-state index contributed by atoms with van der Waals surface area (Å²) in [5, 5.41) is 23.8. The molecule has 36 heavy (non-hydrogen) atoms. The molecule has 0 aromatic heterocycles. The monoisotopic (exact) mass is 510 g/mol. The van der Waals surface area contributed by atoms with Crippen molar-refractivity contribution in [2.75, 3.05) is 13.1 Å². The van der Waals surface area contributed by atoms with Gasteiger partial charge in [0.1, 0.15) is 5.75 Å². The van der Waals surface area contributed by atoms with Crippen LogP contribution in [-0.4, -0.2) is 54.1 Å². The number of rotatable bonds is 11. The summed E-state index contributed by atoms with van der Waals surface area (Å²) in [6.07, 6.45) is -0.849. The van der Waals surface area contributed by atoms with Gasteiger partial charge in [0.15, 0.2) is 0 Å². The van der Waals surface area contributed by atoms with E-state index in [1.165, 1.54) is 28.6 Å². The zero-order valence-electron chi connectivity index (χ0n) is 20.8. The molecule has 0 radical (unpaired) electrons. The first-order valence-corrected chi connectivity index (χ1v) is 13.4. The van der Waals surface area contributed by atoms with Crippen LogP contribution in [-0.2, 0) is 16.4 Å². The molecule has 0 spiro atoms. The van der Waals surface area contributed by atoms with Crippen LogP contribution in [0.15, 0.2) is 83.8 Å². The van der Waals surface area contributed by atoms with Crippen molar-refractivity contribution in [2.24, 2.45) is 5.92 Å². The van der Waals surface area contributed by atoms with Crippen LogP contribution in [0.1, 0.15) is 35.3 Å². The number of hydrogen-bond acceptors (Lipinski definition) is 5. The number of aromatic hydroxyl groups is 1. The van der Waals surface area contributed by atoms with E-state index in [1.807, 2.05) is 63.2 Å². The van der Waals surface area contributed by atoms with E-state index in [-0.39, 0.29) is 35.6 Å². The Balaban J connectivity index is 1.89. The van der Waals surface area contributed by atoms with Crippen LogP contribution in [0, 0.1) is 12.8 Å². The fourth-order valence-electron chi connectivity index (χ4n) is 4.01. The Hall–Kier alpha value is -3.20. The summed E-state index contributed by atoms with van der Waals surface area (Å²) in [5.41, 5.74) is 2.21. The number of phenolic OH excluding ortho intramolecular Hbond substituents is 1. The molecule has 2 atom stereocenters. The third kappa shape index (κ3) is 7.16. The fourth-order valence-corrected chi connectivity index (χ4v) is 5.63. The van der Waals surface area contributed by atoms with Gasteiger partial charge in [-0.3, -0.25) is 4.79 Å². The molecule has 3 N–H and O–H groups in total. The summed E-state index contributed by atoms with van der Waals surface area (Å²) in [6, 6.07) is 21.2. The first kappa shape index (κ1) is 27.4. The number of aliphatic hydroxyl groups excluding tert-OH is 1. The first-order chi connectivity index (χ1) is 17.1. The SMILES string of the molecule is Cc1ccccc1C(=O)N[C@@H](Cc1ccccc1)[C@H](O)CN(CC(C)C)S(=O)(=O)c1ccc(O)cc1. The standard InChI is InChI=1S/C28H34N2O5S/c1-20(2)18-30(36(34,35)24-15-13-23(31)14-16-24)19-27(32)26(17-22-10-5-4-6-11-22)29-28(33)25-12-8-7-9-21(25)3/h4-16,20,26-27,31-32H,17-19H2,1-3H3,(H,29,33)/t26-,27+/m0/s1. The number of carbonyl (C=O) groups is 1. The number of benzene rings is 3. The average molecular weight is 511 g/mol. The largest absolute Gasteiger partial charge is 0.508 e. The van der Waals surface area contributed by atoms with Gasteiger partial charge >= 0.3 is 0 Å². The summed E-state index contributed by atoms with van der Waals surface area (Å²) < 4.78 is 28.1. The van der Waals surface area contributed by atoms with Gasteiger partial charge in [0, 0.05) is 18.7 Å². The van der Waals surface area contributed by atoms with Gasteiger partial charge in [0.05, 0.1) is 17.0 Å². The van der Waals surface area contributed by atoms with Crippen molar-refractivity contribution in [3.05, 3.63) is 95.6 Å². The van der Waals surface area contributed by atoms with Crippen molar-refractivity contribution < 1.29 is 23.4 Å². The van der Waals surface area contributed by atoms with Gasteiger partial charge < -0.3 is 15.5 Å². The highest BCUT2D eigenvalue weighted by molar-refractivity contribution is 7.89. The molecule has 0 bridgehead atoms. The summed E-state index contributed by atoms with van der Waals surface area (Å²) in [4.78, 5) is 13.1. The summed E-state index contributed by atoms with van der Waals surface area (Å²) in [5.74, 6) is -0.366. The van der Waals surface area contributed by atoms with Gasteiger partial charge in [-0.2, -0.15) is 4.31 Å². The molecule has 0 saturated carbocycles. The lowest BCUT2D eigenvalue weighted by Crippen LogP contribution is -2.51. The molecule has 0 aliphatic rings. The van der Waals surface area contributed by atoms with E-state index >= 15 is 0 Å². The Kier molecular flexibility index (Phi) is 9.25. The minimum atomic E-state index is -3.95. The highest BCUT2D eigenvalue weighted by Crippen LogP contribution is 2.21. The van der Waals surface area contributed by atoms with Gasteiger partial charge in [0.2, 0.25) is 10.0 Å². The summed E-state index contributed by atoms with van der Waals surface area (Å²) >= 11 is 0. The van der Waals surface area contributed by atoms with Gasteiger partial charge in [0.25, 0.3) is 5.91 Å². The zero-order valence-corrected chi connectivity index (χ0v) is 21.7. The number of aryl methyl sites for hydroxylation is 1. The van der Waals surface area contributed by atoms with Crippen molar-refractivity contribution in [1.82, 2.24) is 9.62 Å². The van der Waals surface area contributed by atoms with Crippen molar-refractivity contribution >= 4 is 15.9 Å². The molecule has 0 heterocycles. The van der Waals surface area contributed by atoms with Gasteiger partial charge in [-0.15, -0.1) is 0 Å². The quantitative estimate of drug-likeness (QED) is 0.364. The molecule has 1 amide bonds. The Morgan fingerprint density at radius 2 is 1.53 bits per heavy atom. The smallest absolute Gasteiger partial charge is 0.251 e. The van der Waals surface area contributed by atoms with E-state index in [0.29, 0.717) is 12.0 Å². The minimum Gasteiger partial charge on any atom is -0.508 e.